The molecule has 1 atom stereocenters. The molecule has 1 unspecified atom stereocenters. The van der Waals surface area contributed by atoms with E-state index in [0.29, 0.717) is 11.3 Å². The summed E-state index contributed by atoms with van der Waals surface area (Å²) in [7, 11) is 0. The standard InChI is InChI=1S/C12H12BrFN4/c13-8-1-2-11(15)10(4-8)12(18-16)7-3-9(14)6-17-5-7/h1-6,12,18H,15-16H2. The summed E-state index contributed by atoms with van der Waals surface area (Å²) in [5.41, 5.74) is 10.5. The average molecular weight is 311 g/mol. The first kappa shape index (κ1) is 12.9. The monoisotopic (exact) mass is 310 g/mol. The SMILES string of the molecule is NNC(c1cncc(F)c1)c1cc(Br)ccc1N. The fourth-order valence-corrected chi connectivity index (χ4v) is 2.13. The molecule has 0 saturated carbocycles. The molecule has 5 N–H and O–H groups in total. The second kappa shape index (κ2) is 5.43. The Morgan fingerprint density at radius 3 is 2.72 bits per heavy atom. The number of nitrogen functional groups attached to an aromatic ring is 1. The molecule has 18 heavy (non-hydrogen) atoms. The van der Waals surface area contributed by atoms with Crippen molar-refractivity contribution in [3.05, 3.63) is 58.1 Å². The van der Waals surface area contributed by atoms with Gasteiger partial charge in [-0.3, -0.25) is 10.8 Å². The van der Waals surface area contributed by atoms with E-state index in [2.05, 4.69) is 26.3 Å². The van der Waals surface area contributed by atoms with E-state index >= 15 is 0 Å². The first-order chi connectivity index (χ1) is 8.61. The minimum Gasteiger partial charge on any atom is -0.398 e. The number of rotatable bonds is 3. The van der Waals surface area contributed by atoms with Crippen molar-refractivity contribution < 1.29 is 4.39 Å². The number of nitrogens with zero attached hydrogens (tertiary/aromatic N) is 1. The summed E-state index contributed by atoms with van der Waals surface area (Å²) < 4.78 is 14.1. The Morgan fingerprint density at radius 2 is 2.06 bits per heavy atom. The van der Waals surface area contributed by atoms with E-state index in [9.17, 15) is 4.39 Å². The van der Waals surface area contributed by atoms with E-state index in [1.807, 2.05) is 12.1 Å². The maximum Gasteiger partial charge on any atom is 0.141 e. The zero-order valence-corrected chi connectivity index (χ0v) is 11.0. The van der Waals surface area contributed by atoms with Gasteiger partial charge in [-0.05, 0) is 35.4 Å². The van der Waals surface area contributed by atoms with Crippen molar-refractivity contribution in [3.8, 4) is 0 Å². The molecule has 2 aromatic rings. The molecule has 0 saturated heterocycles. The van der Waals surface area contributed by atoms with E-state index in [-0.39, 0.29) is 0 Å². The van der Waals surface area contributed by atoms with Crippen molar-refractivity contribution in [1.82, 2.24) is 10.4 Å². The third-order valence-corrected chi connectivity index (χ3v) is 3.08. The summed E-state index contributed by atoms with van der Waals surface area (Å²) in [6, 6.07) is 6.39. The van der Waals surface area contributed by atoms with Crippen molar-refractivity contribution in [2.75, 3.05) is 5.73 Å². The van der Waals surface area contributed by atoms with Crippen LogP contribution in [0.5, 0.6) is 0 Å². The van der Waals surface area contributed by atoms with Crippen LogP contribution in [0.15, 0.2) is 41.1 Å². The number of nitrogens with two attached hydrogens (primary N) is 2. The Morgan fingerprint density at radius 1 is 1.28 bits per heavy atom. The molecule has 0 aliphatic heterocycles. The summed E-state index contributed by atoms with van der Waals surface area (Å²) in [5.74, 6) is 5.12. The normalized spacial score (nSPS) is 12.4. The van der Waals surface area contributed by atoms with Gasteiger partial charge in [-0.1, -0.05) is 15.9 Å². The number of halogens is 2. The molecule has 94 valence electrons. The average Bonchev–Trinajstić information content (AvgIpc) is 2.35. The molecule has 0 spiro atoms. The molecule has 0 fully saturated rings. The van der Waals surface area contributed by atoms with Crippen LogP contribution in [-0.4, -0.2) is 4.98 Å². The minimum atomic E-state index is -0.415. The van der Waals surface area contributed by atoms with Gasteiger partial charge in [0.1, 0.15) is 5.82 Å². The first-order valence-electron chi connectivity index (χ1n) is 5.23. The minimum absolute atomic E-state index is 0.411. The second-order valence-corrected chi connectivity index (χ2v) is 4.73. The van der Waals surface area contributed by atoms with Crippen LogP contribution in [0.25, 0.3) is 0 Å². The van der Waals surface area contributed by atoms with Crippen LogP contribution in [0.1, 0.15) is 17.2 Å². The fraction of sp³-hybridized carbons (Fsp3) is 0.0833. The van der Waals surface area contributed by atoms with Gasteiger partial charge in [-0.2, -0.15) is 0 Å². The molecular weight excluding hydrogens is 299 g/mol. The number of hydrogen-bond acceptors (Lipinski definition) is 4. The molecule has 0 aliphatic rings. The highest BCUT2D eigenvalue weighted by Gasteiger charge is 2.16. The summed E-state index contributed by atoms with van der Waals surface area (Å²) in [6.07, 6.45) is 2.69. The van der Waals surface area contributed by atoms with E-state index in [1.54, 1.807) is 12.3 Å². The van der Waals surface area contributed by atoms with Gasteiger partial charge in [0.25, 0.3) is 0 Å². The molecule has 2 rings (SSSR count). The van der Waals surface area contributed by atoms with Crippen molar-refractivity contribution in [2.45, 2.75) is 6.04 Å². The maximum atomic E-state index is 13.2. The van der Waals surface area contributed by atoms with Gasteiger partial charge in [0.15, 0.2) is 0 Å². The molecule has 0 aliphatic carbocycles. The Bertz CT molecular complexity index is 562. The van der Waals surface area contributed by atoms with Gasteiger partial charge in [-0.25, -0.2) is 9.82 Å². The maximum absolute atomic E-state index is 13.2. The predicted octanol–water partition coefficient (Wildman–Crippen LogP) is 2.12. The highest BCUT2D eigenvalue weighted by molar-refractivity contribution is 9.10. The van der Waals surface area contributed by atoms with Gasteiger partial charge in [0, 0.05) is 16.4 Å². The van der Waals surface area contributed by atoms with Crippen LogP contribution in [0.2, 0.25) is 0 Å². The molecule has 6 heteroatoms. The predicted molar refractivity (Wildman–Crippen MR) is 71.9 cm³/mol. The summed E-state index contributed by atoms with van der Waals surface area (Å²) in [6.45, 7) is 0. The van der Waals surface area contributed by atoms with E-state index in [1.165, 1.54) is 6.07 Å². The zero-order valence-electron chi connectivity index (χ0n) is 9.40. The second-order valence-electron chi connectivity index (χ2n) is 3.81. The zero-order chi connectivity index (χ0) is 13.1. The Hall–Kier alpha value is -1.50. The van der Waals surface area contributed by atoms with Crippen LogP contribution >= 0.6 is 15.9 Å². The van der Waals surface area contributed by atoms with Crippen LogP contribution in [-0.2, 0) is 0 Å². The molecule has 1 heterocycles. The Kier molecular flexibility index (Phi) is 3.90. The van der Waals surface area contributed by atoms with Crippen molar-refractivity contribution in [3.63, 3.8) is 0 Å². The number of nitrogens with one attached hydrogen (secondary N) is 1. The largest absolute Gasteiger partial charge is 0.398 e. The lowest BCUT2D eigenvalue weighted by Gasteiger charge is -2.18. The van der Waals surface area contributed by atoms with E-state index in [4.69, 9.17) is 11.6 Å². The molecule has 0 amide bonds. The van der Waals surface area contributed by atoms with E-state index < -0.39 is 11.9 Å². The van der Waals surface area contributed by atoms with Gasteiger partial charge in [0.05, 0.1) is 12.2 Å². The molecular formula is C12H12BrFN4. The quantitative estimate of drug-likeness (QED) is 0.461. The fourth-order valence-electron chi connectivity index (χ4n) is 1.75. The summed E-state index contributed by atoms with van der Waals surface area (Å²) in [4.78, 5) is 3.81. The molecule has 0 radical (unpaired) electrons. The smallest absolute Gasteiger partial charge is 0.141 e. The lowest BCUT2D eigenvalue weighted by atomic mass is 9.99. The van der Waals surface area contributed by atoms with Gasteiger partial charge in [0.2, 0.25) is 0 Å². The third kappa shape index (κ3) is 2.66. The van der Waals surface area contributed by atoms with Gasteiger partial charge < -0.3 is 5.73 Å². The van der Waals surface area contributed by atoms with Crippen LogP contribution in [0, 0.1) is 5.82 Å². The van der Waals surface area contributed by atoms with Gasteiger partial charge in [-0.15, -0.1) is 0 Å². The van der Waals surface area contributed by atoms with Crippen LogP contribution in [0.4, 0.5) is 10.1 Å². The van der Waals surface area contributed by atoms with Crippen molar-refractivity contribution in [2.24, 2.45) is 5.84 Å². The summed E-state index contributed by atoms with van der Waals surface area (Å²) >= 11 is 3.37. The van der Waals surface area contributed by atoms with Crippen molar-refractivity contribution in [1.29, 1.82) is 0 Å². The topological polar surface area (TPSA) is 77.0 Å². The summed E-state index contributed by atoms with van der Waals surface area (Å²) in [5, 5.41) is 0. The number of hydrazine groups is 1. The van der Waals surface area contributed by atoms with Gasteiger partial charge >= 0.3 is 0 Å². The number of aromatic nitrogens is 1. The van der Waals surface area contributed by atoms with Crippen LogP contribution in [0.3, 0.4) is 0 Å². The number of pyridine rings is 1. The highest BCUT2D eigenvalue weighted by Crippen LogP contribution is 2.28. The van der Waals surface area contributed by atoms with Crippen LogP contribution < -0.4 is 17.0 Å². The molecule has 1 aromatic carbocycles. The number of anilines is 1. The molecule has 4 nitrogen and oxygen atoms in total. The Balaban J connectivity index is 2.48. The highest BCUT2D eigenvalue weighted by atomic mass is 79.9. The lowest BCUT2D eigenvalue weighted by Crippen LogP contribution is -2.29. The number of benzene rings is 1. The molecule has 1 aromatic heterocycles. The molecule has 0 bridgehead atoms. The van der Waals surface area contributed by atoms with Crippen molar-refractivity contribution >= 4 is 21.6 Å². The van der Waals surface area contributed by atoms with E-state index in [0.717, 1.165) is 16.2 Å². The first-order valence-corrected chi connectivity index (χ1v) is 6.02. The number of hydrogen-bond donors (Lipinski definition) is 3. The lowest BCUT2D eigenvalue weighted by molar-refractivity contribution is 0.598. The Labute approximate surface area is 112 Å². The third-order valence-electron chi connectivity index (χ3n) is 2.59.